The first-order valence-corrected chi connectivity index (χ1v) is 9.07. The fourth-order valence-corrected chi connectivity index (χ4v) is 4.23. The summed E-state index contributed by atoms with van der Waals surface area (Å²) >= 11 is 0. The second-order valence-corrected chi connectivity index (χ2v) is 7.46. The van der Waals surface area contributed by atoms with E-state index in [-0.39, 0.29) is 18.2 Å². The molecule has 4 nitrogen and oxygen atoms in total. The van der Waals surface area contributed by atoms with Crippen molar-refractivity contribution in [2.75, 3.05) is 13.1 Å². The molecule has 136 valence electrons. The number of alkyl halides is 3. The monoisotopic (exact) mass is 345 g/mol. The number of carbonyl (C=O) groups is 1. The normalized spacial score (nSPS) is 30.3. The van der Waals surface area contributed by atoms with Crippen LogP contribution in [0.4, 0.5) is 13.2 Å². The van der Waals surface area contributed by atoms with Crippen LogP contribution in [0, 0.1) is 11.8 Å². The molecule has 0 aromatic rings. The highest BCUT2D eigenvalue weighted by Crippen LogP contribution is 2.36. The Morgan fingerprint density at radius 1 is 1.12 bits per heavy atom. The topological polar surface area (TPSA) is 53.5 Å². The molecule has 0 aromatic heterocycles. The van der Waals surface area contributed by atoms with Crippen molar-refractivity contribution in [1.29, 1.82) is 0 Å². The summed E-state index contributed by atoms with van der Waals surface area (Å²) in [5, 5.41) is 6.25. The molecule has 1 amide bonds. The van der Waals surface area contributed by atoms with E-state index in [1.165, 1.54) is 0 Å². The van der Waals surface area contributed by atoms with Gasteiger partial charge in [-0.3, -0.25) is 9.79 Å². The lowest BCUT2D eigenvalue weighted by molar-refractivity contribution is -0.136. The van der Waals surface area contributed by atoms with E-state index in [0.717, 1.165) is 57.5 Å². The summed E-state index contributed by atoms with van der Waals surface area (Å²) in [4.78, 5) is 17.1. The summed E-state index contributed by atoms with van der Waals surface area (Å²) in [7, 11) is 0. The number of nitrogens with zero attached hydrogens (tertiary/aromatic N) is 1. The molecule has 1 saturated heterocycles. The first-order chi connectivity index (χ1) is 11.4. The minimum Gasteiger partial charge on any atom is -0.317 e. The molecule has 24 heavy (non-hydrogen) atoms. The maximum atomic E-state index is 12.3. The molecule has 1 aliphatic carbocycles. The average Bonchev–Trinajstić information content (AvgIpc) is 2.84. The summed E-state index contributed by atoms with van der Waals surface area (Å²) in [6.07, 6.45) is 1.37. The van der Waals surface area contributed by atoms with Crippen LogP contribution in [0.2, 0.25) is 0 Å². The Morgan fingerprint density at radius 3 is 2.42 bits per heavy atom. The lowest BCUT2D eigenvalue weighted by Gasteiger charge is -2.29. The van der Waals surface area contributed by atoms with Crippen molar-refractivity contribution in [2.24, 2.45) is 16.8 Å². The zero-order chi connectivity index (χ0) is 17.2. The van der Waals surface area contributed by atoms with Crippen molar-refractivity contribution < 1.29 is 18.0 Å². The molecule has 0 unspecified atom stereocenters. The van der Waals surface area contributed by atoms with Gasteiger partial charge < -0.3 is 10.6 Å². The van der Waals surface area contributed by atoms with Crippen molar-refractivity contribution in [3.8, 4) is 0 Å². The number of carbonyl (C=O) groups excluding carboxylic acids is 1. The van der Waals surface area contributed by atoms with Gasteiger partial charge in [-0.05, 0) is 64.0 Å². The zero-order valence-corrected chi connectivity index (χ0v) is 13.9. The molecular formula is C17H26F3N3O. The van der Waals surface area contributed by atoms with Crippen LogP contribution in [0.25, 0.3) is 0 Å². The Hall–Kier alpha value is -1.11. The van der Waals surface area contributed by atoms with Crippen molar-refractivity contribution >= 4 is 11.7 Å². The number of rotatable bonds is 4. The molecule has 2 aliphatic heterocycles. The molecule has 7 heteroatoms. The van der Waals surface area contributed by atoms with E-state index >= 15 is 0 Å². The third-order valence-corrected chi connectivity index (χ3v) is 5.74. The molecule has 0 bridgehead atoms. The highest BCUT2D eigenvalue weighted by Gasteiger charge is 2.45. The van der Waals surface area contributed by atoms with Crippen LogP contribution in [0.5, 0.6) is 0 Å². The predicted octanol–water partition coefficient (Wildman–Crippen LogP) is 3.18. The molecule has 1 spiro atoms. The van der Waals surface area contributed by atoms with E-state index in [4.69, 9.17) is 4.99 Å². The number of piperidine rings is 1. The number of aliphatic imine (C=N–C) groups is 1. The van der Waals surface area contributed by atoms with Gasteiger partial charge in [-0.1, -0.05) is 6.42 Å². The van der Waals surface area contributed by atoms with E-state index in [1.807, 2.05) is 0 Å². The lowest BCUT2D eigenvalue weighted by atomic mass is 9.79. The Morgan fingerprint density at radius 2 is 1.79 bits per heavy atom. The third kappa shape index (κ3) is 4.10. The summed E-state index contributed by atoms with van der Waals surface area (Å²) in [6.45, 7) is 1.63. The van der Waals surface area contributed by atoms with Gasteiger partial charge in [0.05, 0.1) is 0 Å². The SMILES string of the molecule is O=C1NC(C2CCC(CCCC(F)(F)F)CC2)=NC12CCNCC2. The zero-order valence-electron chi connectivity index (χ0n) is 13.9. The number of hydrogen-bond donors (Lipinski definition) is 2. The Bertz CT molecular complexity index is 490. The smallest absolute Gasteiger partial charge is 0.317 e. The van der Waals surface area contributed by atoms with Gasteiger partial charge >= 0.3 is 6.18 Å². The van der Waals surface area contributed by atoms with Crippen LogP contribution in [-0.4, -0.2) is 36.5 Å². The van der Waals surface area contributed by atoms with Gasteiger partial charge in [-0.2, -0.15) is 13.2 Å². The molecule has 0 aromatic carbocycles. The van der Waals surface area contributed by atoms with Crippen molar-refractivity contribution in [1.82, 2.24) is 10.6 Å². The van der Waals surface area contributed by atoms with E-state index in [0.29, 0.717) is 12.3 Å². The van der Waals surface area contributed by atoms with Crippen LogP contribution in [-0.2, 0) is 4.79 Å². The average molecular weight is 345 g/mol. The molecule has 3 aliphatic rings. The number of amides is 1. The summed E-state index contributed by atoms with van der Waals surface area (Å²) in [5.41, 5.74) is -0.565. The summed E-state index contributed by atoms with van der Waals surface area (Å²) in [6, 6.07) is 0. The molecule has 2 N–H and O–H groups in total. The molecular weight excluding hydrogens is 319 g/mol. The van der Waals surface area contributed by atoms with Crippen LogP contribution in [0.15, 0.2) is 4.99 Å². The third-order valence-electron chi connectivity index (χ3n) is 5.74. The Kier molecular flexibility index (Phi) is 5.18. The van der Waals surface area contributed by atoms with Gasteiger partial charge in [-0.15, -0.1) is 0 Å². The van der Waals surface area contributed by atoms with Crippen molar-refractivity contribution in [2.45, 2.75) is 69.5 Å². The lowest BCUT2D eigenvalue weighted by Crippen LogP contribution is -2.47. The summed E-state index contributed by atoms with van der Waals surface area (Å²) in [5.74, 6) is 1.51. The number of nitrogens with one attached hydrogen (secondary N) is 2. The van der Waals surface area contributed by atoms with Crippen molar-refractivity contribution in [3.63, 3.8) is 0 Å². The Balaban J connectivity index is 1.48. The highest BCUT2D eigenvalue weighted by molar-refractivity contribution is 6.09. The fourth-order valence-electron chi connectivity index (χ4n) is 4.23. The number of hydrogen-bond acceptors (Lipinski definition) is 3. The van der Waals surface area contributed by atoms with Crippen LogP contribution < -0.4 is 10.6 Å². The first kappa shape index (κ1) is 17.7. The number of halogens is 3. The number of amidine groups is 1. The molecule has 3 rings (SSSR count). The quantitative estimate of drug-likeness (QED) is 0.822. The highest BCUT2D eigenvalue weighted by atomic mass is 19.4. The van der Waals surface area contributed by atoms with Gasteiger partial charge in [0.25, 0.3) is 5.91 Å². The minimum absolute atomic E-state index is 0.0336. The van der Waals surface area contributed by atoms with Crippen molar-refractivity contribution in [3.05, 3.63) is 0 Å². The van der Waals surface area contributed by atoms with Gasteiger partial charge in [0, 0.05) is 12.3 Å². The molecule has 2 fully saturated rings. The largest absolute Gasteiger partial charge is 0.389 e. The van der Waals surface area contributed by atoms with E-state index < -0.39 is 18.1 Å². The maximum absolute atomic E-state index is 12.3. The van der Waals surface area contributed by atoms with Gasteiger partial charge in [0.2, 0.25) is 0 Å². The van der Waals surface area contributed by atoms with E-state index in [2.05, 4.69) is 10.6 Å². The second-order valence-electron chi connectivity index (χ2n) is 7.46. The molecule has 0 radical (unpaired) electrons. The fraction of sp³-hybridized carbons (Fsp3) is 0.882. The predicted molar refractivity (Wildman–Crippen MR) is 85.8 cm³/mol. The molecule has 2 heterocycles. The second kappa shape index (κ2) is 7.02. The van der Waals surface area contributed by atoms with Crippen LogP contribution in [0.1, 0.15) is 57.8 Å². The van der Waals surface area contributed by atoms with E-state index in [1.54, 1.807) is 0 Å². The Labute approximate surface area is 140 Å². The van der Waals surface area contributed by atoms with Gasteiger partial charge in [0.15, 0.2) is 0 Å². The first-order valence-electron chi connectivity index (χ1n) is 9.07. The molecule has 0 atom stereocenters. The van der Waals surface area contributed by atoms with Crippen LogP contribution in [0.3, 0.4) is 0 Å². The van der Waals surface area contributed by atoms with Gasteiger partial charge in [0.1, 0.15) is 11.4 Å². The standard InChI is InChI=1S/C17H26F3N3O/c18-17(19,20)7-1-2-12-3-5-13(6-4-12)14-22-15(24)16(23-14)8-10-21-11-9-16/h12-13,21H,1-11H2,(H,22,23,24). The van der Waals surface area contributed by atoms with Crippen LogP contribution >= 0.6 is 0 Å². The minimum atomic E-state index is -4.04. The van der Waals surface area contributed by atoms with Gasteiger partial charge in [-0.25, -0.2) is 0 Å². The van der Waals surface area contributed by atoms with E-state index in [9.17, 15) is 18.0 Å². The summed E-state index contributed by atoms with van der Waals surface area (Å²) < 4.78 is 36.7. The maximum Gasteiger partial charge on any atom is 0.389 e. The molecule has 1 saturated carbocycles.